The Morgan fingerprint density at radius 1 is 1.44 bits per heavy atom. The van der Waals surface area contributed by atoms with Crippen LogP contribution in [0.25, 0.3) is 6.08 Å². The van der Waals surface area contributed by atoms with Crippen LogP contribution in [-0.4, -0.2) is 25.2 Å². The number of benzene rings is 1. The number of carbonyl (C=O) groups is 1. The maximum absolute atomic E-state index is 11.5. The molecule has 2 rings (SSSR count). The van der Waals surface area contributed by atoms with Gasteiger partial charge < -0.3 is 10.1 Å². The van der Waals surface area contributed by atoms with Gasteiger partial charge in [-0.25, -0.2) is 0 Å². The first-order valence-electron chi connectivity index (χ1n) is 5.06. The number of amides is 1. The molecule has 0 aromatic heterocycles. The highest BCUT2D eigenvalue weighted by Gasteiger charge is 2.18. The molecule has 84 valence electrons. The number of hydrogen-bond acceptors (Lipinski definition) is 2. The Morgan fingerprint density at radius 3 is 2.81 bits per heavy atom. The molecule has 1 aromatic carbocycles. The molecule has 3 nitrogen and oxygen atoms in total. The van der Waals surface area contributed by atoms with Gasteiger partial charge in [0.25, 0.3) is 0 Å². The second kappa shape index (κ2) is 5.27. The Hall–Kier alpha value is -1.13. The van der Waals surface area contributed by atoms with Gasteiger partial charge in [0.2, 0.25) is 5.91 Å². The minimum Gasteiger partial charge on any atom is -0.377 e. The summed E-state index contributed by atoms with van der Waals surface area (Å²) >= 11 is 3.42. The van der Waals surface area contributed by atoms with E-state index in [-0.39, 0.29) is 11.9 Å². The van der Waals surface area contributed by atoms with Crippen molar-refractivity contribution in [2.24, 2.45) is 0 Å². The molecule has 0 spiro atoms. The molecule has 1 fully saturated rings. The lowest BCUT2D eigenvalue weighted by Gasteiger charge is -2.26. The zero-order valence-electron chi connectivity index (χ0n) is 8.65. The second-order valence-corrected chi connectivity index (χ2v) is 4.45. The van der Waals surface area contributed by atoms with E-state index in [0.717, 1.165) is 10.0 Å². The average Bonchev–Trinajstić information content (AvgIpc) is 2.22. The molecule has 0 aliphatic carbocycles. The third-order valence-electron chi connectivity index (χ3n) is 2.30. The summed E-state index contributed by atoms with van der Waals surface area (Å²) in [7, 11) is 0. The van der Waals surface area contributed by atoms with Crippen LogP contribution in [0.5, 0.6) is 0 Å². The topological polar surface area (TPSA) is 38.3 Å². The summed E-state index contributed by atoms with van der Waals surface area (Å²) in [6.45, 7) is 1.24. The standard InChI is InChI=1S/C12H12BrNO2/c13-11-4-2-1-3-9(11)5-6-12(15)14-10-7-16-8-10/h1-6,10H,7-8H2,(H,14,15). The third-order valence-corrected chi connectivity index (χ3v) is 3.03. The maximum atomic E-state index is 11.5. The van der Waals surface area contributed by atoms with Crippen LogP contribution in [0.4, 0.5) is 0 Å². The van der Waals surface area contributed by atoms with Gasteiger partial charge in [0.1, 0.15) is 0 Å². The molecule has 4 heteroatoms. The van der Waals surface area contributed by atoms with Gasteiger partial charge in [-0.05, 0) is 17.7 Å². The SMILES string of the molecule is O=C(C=Cc1ccccc1Br)NC1COC1. The Morgan fingerprint density at radius 2 is 2.19 bits per heavy atom. The van der Waals surface area contributed by atoms with E-state index in [1.807, 2.05) is 24.3 Å². The van der Waals surface area contributed by atoms with Crippen LogP contribution in [0.15, 0.2) is 34.8 Å². The molecule has 1 heterocycles. The van der Waals surface area contributed by atoms with E-state index in [9.17, 15) is 4.79 Å². The predicted molar refractivity (Wildman–Crippen MR) is 65.9 cm³/mol. The van der Waals surface area contributed by atoms with Crippen LogP contribution in [0, 0.1) is 0 Å². The van der Waals surface area contributed by atoms with Crippen LogP contribution in [0.1, 0.15) is 5.56 Å². The summed E-state index contributed by atoms with van der Waals surface area (Å²) in [6, 6.07) is 7.93. The van der Waals surface area contributed by atoms with Gasteiger partial charge in [-0.1, -0.05) is 34.1 Å². The predicted octanol–water partition coefficient (Wildman–Crippen LogP) is 1.98. The van der Waals surface area contributed by atoms with Crippen LogP contribution >= 0.6 is 15.9 Å². The normalized spacial score (nSPS) is 16.1. The van der Waals surface area contributed by atoms with Crippen LogP contribution in [0.2, 0.25) is 0 Å². The lowest BCUT2D eigenvalue weighted by molar-refractivity contribution is -0.120. The van der Waals surface area contributed by atoms with E-state index in [1.165, 1.54) is 0 Å². The fourth-order valence-electron chi connectivity index (χ4n) is 1.34. The van der Waals surface area contributed by atoms with Crippen LogP contribution in [0.3, 0.4) is 0 Å². The van der Waals surface area contributed by atoms with Gasteiger partial charge in [-0.3, -0.25) is 4.79 Å². The molecular weight excluding hydrogens is 270 g/mol. The van der Waals surface area contributed by atoms with Gasteiger partial charge in [-0.2, -0.15) is 0 Å². The van der Waals surface area contributed by atoms with Crippen molar-refractivity contribution in [3.8, 4) is 0 Å². The van der Waals surface area contributed by atoms with E-state index >= 15 is 0 Å². The highest BCUT2D eigenvalue weighted by atomic mass is 79.9. The number of hydrogen-bond donors (Lipinski definition) is 1. The lowest BCUT2D eigenvalue weighted by atomic mass is 10.2. The zero-order valence-corrected chi connectivity index (χ0v) is 10.2. The summed E-state index contributed by atoms with van der Waals surface area (Å²) < 4.78 is 5.95. The number of halogens is 1. The van der Waals surface area contributed by atoms with Crippen molar-refractivity contribution in [2.45, 2.75) is 6.04 Å². The summed E-state index contributed by atoms with van der Waals surface area (Å²) in [5, 5.41) is 2.84. The minimum atomic E-state index is -0.0796. The highest BCUT2D eigenvalue weighted by Crippen LogP contribution is 2.16. The Bertz CT molecular complexity index is 413. The van der Waals surface area contributed by atoms with Crippen molar-refractivity contribution in [3.05, 3.63) is 40.4 Å². The molecule has 1 aromatic rings. The van der Waals surface area contributed by atoms with Crippen molar-refractivity contribution in [3.63, 3.8) is 0 Å². The highest BCUT2D eigenvalue weighted by molar-refractivity contribution is 9.10. The number of nitrogens with one attached hydrogen (secondary N) is 1. The maximum Gasteiger partial charge on any atom is 0.244 e. The van der Waals surface area contributed by atoms with E-state index in [0.29, 0.717) is 13.2 Å². The zero-order chi connectivity index (χ0) is 11.4. The monoisotopic (exact) mass is 281 g/mol. The summed E-state index contributed by atoms with van der Waals surface area (Å²) in [4.78, 5) is 11.5. The number of carbonyl (C=O) groups excluding carboxylic acids is 1. The van der Waals surface area contributed by atoms with Gasteiger partial charge in [0.15, 0.2) is 0 Å². The third kappa shape index (κ3) is 2.93. The average molecular weight is 282 g/mol. The van der Waals surface area contributed by atoms with Gasteiger partial charge >= 0.3 is 0 Å². The summed E-state index contributed by atoms with van der Waals surface area (Å²) in [6.07, 6.45) is 3.33. The molecule has 1 aliphatic rings. The number of rotatable bonds is 3. The molecule has 0 unspecified atom stereocenters. The Kier molecular flexibility index (Phi) is 3.74. The quantitative estimate of drug-likeness (QED) is 0.861. The van der Waals surface area contributed by atoms with E-state index < -0.39 is 0 Å². The Labute approximate surface area is 103 Å². The summed E-state index contributed by atoms with van der Waals surface area (Å²) in [5.41, 5.74) is 0.988. The molecule has 0 bridgehead atoms. The van der Waals surface area contributed by atoms with Crippen molar-refractivity contribution >= 4 is 27.9 Å². The molecular formula is C12H12BrNO2. The smallest absolute Gasteiger partial charge is 0.244 e. The minimum absolute atomic E-state index is 0.0796. The Balaban J connectivity index is 1.92. The fourth-order valence-corrected chi connectivity index (χ4v) is 1.76. The van der Waals surface area contributed by atoms with Gasteiger partial charge in [0.05, 0.1) is 19.3 Å². The van der Waals surface area contributed by atoms with Crippen LogP contribution in [-0.2, 0) is 9.53 Å². The molecule has 0 saturated carbocycles. The summed E-state index contributed by atoms with van der Waals surface area (Å²) in [5.74, 6) is -0.0796. The molecule has 1 amide bonds. The van der Waals surface area contributed by atoms with Gasteiger partial charge in [-0.15, -0.1) is 0 Å². The molecule has 1 N–H and O–H groups in total. The second-order valence-electron chi connectivity index (χ2n) is 3.60. The number of ether oxygens (including phenoxy) is 1. The molecule has 0 radical (unpaired) electrons. The molecule has 16 heavy (non-hydrogen) atoms. The first-order valence-corrected chi connectivity index (χ1v) is 5.86. The van der Waals surface area contributed by atoms with Crippen molar-refractivity contribution < 1.29 is 9.53 Å². The molecule has 1 saturated heterocycles. The first-order chi connectivity index (χ1) is 7.75. The van der Waals surface area contributed by atoms with Gasteiger partial charge in [0, 0.05) is 10.5 Å². The fraction of sp³-hybridized carbons (Fsp3) is 0.250. The van der Waals surface area contributed by atoms with Crippen LogP contribution < -0.4 is 5.32 Å². The largest absolute Gasteiger partial charge is 0.377 e. The molecule has 0 atom stereocenters. The lowest BCUT2D eigenvalue weighted by Crippen LogP contribution is -2.48. The molecule has 1 aliphatic heterocycles. The van der Waals surface area contributed by atoms with Crippen molar-refractivity contribution in [1.29, 1.82) is 0 Å². The van der Waals surface area contributed by atoms with E-state index in [1.54, 1.807) is 12.2 Å². The first kappa shape index (κ1) is 11.4. The van der Waals surface area contributed by atoms with E-state index in [2.05, 4.69) is 21.2 Å². The van der Waals surface area contributed by atoms with Crippen molar-refractivity contribution in [1.82, 2.24) is 5.32 Å². The van der Waals surface area contributed by atoms with E-state index in [4.69, 9.17) is 4.74 Å². The van der Waals surface area contributed by atoms with Crippen molar-refractivity contribution in [2.75, 3.05) is 13.2 Å².